The summed E-state index contributed by atoms with van der Waals surface area (Å²) in [4.78, 5) is 0. The van der Waals surface area contributed by atoms with Gasteiger partial charge in [0.15, 0.2) is 0 Å². The Morgan fingerprint density at radius 2 is 2.07 bits per heavy atom. The molecule has 2 aromatic rings. The van der Waals surface area contributed by atoms with Gasteiger partial charge in [0.1, 0.15) is 5.82 Å². The van der Waals surface area contributed by atoms with Crippen molar-refractivity contribution in [3.8, 4) is 11.3 Å². The van der Waals surface area contributed by atoms with Crippen molar-refractivity contribution in [2.75, 3.05) is 5.73 Å². The quantitative estimate of drug-likeness (QED) is 0.809. The number of hydrogen-bond donors (Lipinski definition) is 1. The fourth-order valence-electron chi connectivity index (χ4n) is 1.69. The maximum Gasteiger partial charge on any atom is 0.121 e. The zero-order valence-electron chi connectivity index (χ0n) is 9.07. The van der Waals surface area contributed by atoms with Gasteiger partial charge in [-0.25, -0.2) is 0 Å². The molecule has 0 saturated heterocycles. The van der Waals surface area contributed by atoms with Gasteiger partial charge in [0.2, 0.25) is 0 Å². The second-order valence-corrected chi connectivity index (χ2v) is 3.59. The average Bonchev–Trinajstić information content (AvgIpc) is 2.59. The zero-order valence-corrected chi connectivity index (χ0v) is 9.07. The third-order valence-electron chi connectivity index (χ3n) is 2.59. The minimum absolute atomic E-state index is 0.691. The van der Waals surface area contributed by atoms with Gasteiger partial charge in [-0.3, -0.25) is 4.68 Å². The minimum atomic E-state index is 0.691. The Bertz CT molecular complexity index is 452. The number of rotatable bonds is 2. The van der Waals surface area contributed by atoms with Crippen molar-refractivity contribution in [1.82, 2.24) is 9.78 Å². The van der Waals surface area contributed by atoms with E-state index in [0.29, 0.717) is 5.82 Å². The highest BCUT2D eigenvalue weighted by Gasteiger charge is 2.07. The fraction of sp³-hybridized carbons (Fsp3) is 0.250. The second-order valence-electron chi connectivity index (χ2n) is 3.59. The van der Waals surface area contributed by atoms with Crippen LogP contribution in [0.5, 0.6) is 0 Å². The van der Waals surface area contributed by atoms with E-state index in [1.165, 1.54) is 11.1 Å². The lowest BCUT2D eigenvalue weighted by molar-refractivity contribution is 0.782. The molecule has 78 valence electrons. The smallest absolute Gasteiger partial charge is 0.121 e. The van der Waals surface area contributed by atoms with Crippen LogP contribution in [0, 0.1) is 0 Å². The fourth-order valence-corrected chi connectivity index (χ4v) is 1.69. The molecular formula is C12H15N3. The van der Waals surface area contributed by atoms with Crippen molar-refractivity contribution in [2.24, 2.45) is 7.05 Å². The van der Waals surface area contributed by atoms with Crippen LogP contribution in [-0.2, 0) is 13.5 Å². The van der Waals surface area contributed by atoms with E-state index in [9.17, 15) is 0 Å². The number of aryl methyl sites for hydroxylation is 2. The van der Waals surface area contributed by atoms with Gasteiger partial charge in [-0.2, -0.15) is 5.10 Å². The van der Waals surface area contributed by atoms with Crippen LogP contribution < -0.4 is 5.73 Å². The maximum atomic E-state index is 5.77. The molecule has 0 spiro atoms. The third-order valence-corrected chi connectivity index (χ3v) is 2.59. The number of nitrogens with zero attached hydrogens (tertiary/aromatic N) is 2. The Kier molecular flexibility index (Phi) is 2.46. The molecule has 1 aromatic carbocycles. The van der Waals surface area contributed by atoms with E-state index in [-0.39, 0.29) is 0 Å². The van der Waals surface area contributed by atoms with Crippen LogP contribution >= 0.6 is 0 Å². The number of hydrogen-bond acceptors (Lipinski definition) is 2. The highest BCUT2D eigenvalue weighted by Crippen LogP contribution is 2.23. The molecule has 3 nitrogen and oxygen atoms in total. The van der Waals surface area contributed by atoms with Crippen molar-refractivity contribution in [1.29, 1.82) is 0 Å². The first kappa shape index (κ1) is 9.77. The van der Waals surface area contributed by atoms with Crippen LogP contribution in [0.3, 0.4) is 0 Å². The summed E-state index contributed by atoms with van der Waals surface area (Å²) < 4.78 is 1.70. The summed E-state index contributed by atoms with van der Waals surface area (Å²) in [5.74, 6) is 0.691. The standard InChI is InChI=1S/C12H15N3/c1-3-9-6-4-5-7-10(9)11-8-12(13)15(2)14-11/h4-8H,3,13H2,1-2H3. The molecule has 0 aliphatic rings. The molecule has 0 radical (unpaired) electrons. The van der Waals surface area contributed by atoms with Gasteiger partial charge in [0.25, 0.3) is 0 Å². The van der Waals surface area contributed by atoms with Gasteiger partial charge >= 0.3 is 0 Å². The van der Waals surface area contributed by atoms with Crippen LogP contribution in [0.2, 0.25) is 0 Å². The highest BCUT2D eigenvalue weighted by atomic mass is 15.3. The molecule has 0 unspecified atom stereocenters. The molecule has 0 bridgehead atoms. The summed E-state index contributed by atoms with van der Waals surface area (Å²) in [5, 5.41) is 4.38. The van der Waals surface area contributed by atoms with E-state index in [0.717, 1.165) is 12.1 Å². The van der Waals surface area contributed by atoms with Crippen molar-refractivity contribution in [3.63, 3.8) is 0 Å². The summed E-state index contributed by atoms with van der Waals surface area (Å²) in [6.07, 6.45) is 1.01. The first-order valence-electron chi connectivity index (χ1n) is 5.10. The topological polar surface area (TPSA) is 43.8 Å². The van der Waals surface area contributed by atoms with E-state index >= 15 is 0 Å². The van der Waals surface area contributed by atoms with Gasteiger partial charge in [-0.1, -0.05) is 31.2 Å². The van der Waals surface area contributed by atoms with E-state index in [2.05, 4.69) is 30.2 Å². The molecule has 0 amide bonds. The predicted octanol–water partition coefficient (Wildman–Crippen LogP) is 2.23. The van der Waals surface area contributed by atoms with E-state index in [1.54, 1.807) is 4.68 Å². The first-order chi connectivity index (χ1) is 7.22. The maximum absolute atomic E-state index is 5.77. The first-order valence-corrected chi connectivity index (χ1v) is 5.10. The molecule has 0 aliphatic heterocycles. The number of aromatic nitrogens is 2. The van der Waals surface area contributed by atoms with Gasteiger partial charge in [0.05, 0.1) is 5.69 Å². The summed E-state index contributed by atoms with van der Waals surface area (Å²) in [6, 6.07) is 10.2. The predicted molar refractivity (Wildman–Crippen MR) is 62.4 cm³/mol. The molecule has 0 aliphatic carbocycles. The number of nitrogen functional groups attached to an aromatic ring is 1. The molecular weight excluding hydrogens is 186 g/mol. The summed E-state index contributed by atoms with van der Waals surface area (Å²) in [5.41, 5.74) is 9.20. The zero-order chi connectivity index (χ0) is 10.8. The Labute approximate surface area is 89.5 Å². The van der Waals surface area contributed by atoms with Crippen LogP contribution in [0.4, 0.5) is 5.82 Å². The molecule has 1 aromatic heterocycles. The van der Waals surface area contributed by atoms with Crippen LogP contribution in [0.25, 0.3) is 11.3 Å². The van der Waals surface area contributed by atoms with Gasteiger partial charge < -0.3 is 5.73 Å². The number of benzene rings is 1. The van der Waals surface area contributed by atoms with Crippen molar-refractivity contribution >= 4 is 5.82 Å². The second kappa shape index (κ2) is 3.77. The van der Waals surface area contributed by atoms with Crippen molar-refractivity contribution in [3.05, 3.63) is 35.9 Å². The molecule has 0 atom stereocenters. The molecule has 1 heterocycles. The largest absolute Gasteiger partial charge is 0.384 e. The molecule has 0 fully saturated rings. The Hall–Kier alpha value is -1.77. The Morgan fingerprint density at radius 3 is 2.67 bits per heavy atom. The molecule has 2 rings (SSSR count). The van der Waals surface area contributed by atoms with Crippen LogP contribution in [0.1, 0.15) is 12.5 Å². The molecule has 0 saturated carbocycles. The molecule has 3 heteroatoms. The molecule has 2 N–H and O–H groups in total. The SMILES string of the molecule is CCc1ccccc1-c1cc(N)n(C)n1. The summed E-state index contributed by atoms with van der Waals surface area (Å²) in [7, 11) is 1.85. The number of anilines is 1. The Balaban J connectivity index is 2.53. The monoisotopic (exact) mass is 201 g/mol. The van der Waals surface area contributed by atoms with Gasteiger partial charge in [0, 0.05) is 18.7 Å². The molecule has 15 heavy (non-hydrogen) atoms. The normalized spacial score (nSPS) is 10.5. The van der Waals surface area contributed by atoms with E-state index in [4.69, 9.17) is 5.73 Å². The average molecular weight is 201 g/mol. The lowest BCUT2D eigenvalue weighted by Crippen LogP contribution is -1.96. The van der Waals surface area contributed by atoms with Crippen LogP contribution in [-0.4, -0.2) is 9.78 Å². The summed E-state index contributed by atoms with van der Waals surface area (Å²) in [6.45, 7) is 2.14. The van der Waals surface area contributed by atoms with E-state index in [1.807, 2.05) is 19.2 Å². The minimum Gasteiger partial charge on any atom is -0.384 e. The third kappa shape index (κ3) is 1.73. The van der Waals surface area contributed by atoms with Gasteiger partial charge in [-0.15, -0.1) is 0 Å². The van der Waals surface area contributed by atoms with Crippen LogP contribution in [0.15, 0.2) is 30.3 Å². The lowest BCUT2D eigenvalue weighted by Gasteiger charge is -2.03. The highest BCUT2D eigenvalue weighted by molar-refractivity contribution is 5.66. The lowest BCUT2D eigenvalue weighted by atomic mass is 10.0. The van der Waals surface area contributed by atoms with Gasteiger partial charge in [-0.05, 0) is 12.0 Å². The Morgan fingerprint density at radius 1 is 1.33 bits per heavy atom. The van der Waals surface area contributed by atoms with Crippen molar-refractivity contribution in [2.45, 2.75) is 13.3 Å². The van der Waals surface area contributed by atoms with Crippen molar-refractivity contribution < 1.29 is 0 Å². The number of nitrogens with two attached hydrogens (primary N) is 1. The summed E-state index contributed by atoms with van der Waals surface area (Å²) >= 11 is 0. The van der Waals surface area contributed by atoms with E-state index < -0.39 is 0 Å².